The fourth-order valence-electron chi connectivity index (χ4n) is 3.10. The molecule has 1 fully saturated rings. The van der Waals surface area contributed by atoms with Crippen LogP contribution in [0, 0.1) is 6.92 Å². The predicted molar refractivity (Wildman–Crippen MR) is 88.1 cm³/mol. The Labute approximate surface area is 126 Å². The van der Waals surface area contributed by atoms with Crippen LogP contribution in [0.4, 0.5) is 0 Å². The molecule has 5 nitrogen and oxygen atoms in total. The number of hydrogen-bond acceptors (Lipinski definition) is 1. The minimum absolute atomic E-state index is 0.0434. The van der Waals surface area contributed by atoms with E-state index < -0.39 is 0 Å². The lowest BCUT2D eigenvalue weighted by Gasteiger charge is -2.34. The Bertz CT molecular complexity index is 537. The number of guanidine groups is 2. The third-order valence-corrected chi connectivity index (χ3v) is 4.16. The molecule has 1 saturated carbocycles. The van der Waals surface area contributed by atoms with Crippen LogP contribution in [0.3, 0.4) is 0 Å². The fourth-order valence-corrected chi connectivity index (χ4v) is 3.10. The molecule has 1 aromatic carbocycles. The lowest BCUT2D eigenvalue weighted by atomic mass is 9.77. The second-order valence-corrected chi connectivity index (χ2v) is 5.89. The zero-order chi connectivity index (χ0) is 15.3. The van der Waals surface area contributed by atoms with E-state index in [1.54, 1.807) is 0 Å². The number of nitrogens with zero attached hydrogens (tertiary/aromatic N) is 2. The zero-order valence-corrected chi connectivity index (χ0v) is 12.7. The highest BCUT2D eigenvalue weighted by atomic mass is 15.1. The first-order chi connectivity index (χ1) is 10.0. The summed E-state index contributed by atoms with van der Waals surface area (Å²) in [5.41, 5.74) is 19.1. The van der Waals surface area contributed by atoms with Crippen molar-refractivity contribution in [3.63, 3.8) is 0 Å². The van der Waals surface area contributed by atoms with E-state index in [9.17, 15) is 0 Å². The summed E-state index contributed by atoms with van der Waals surface area (Å²) in [6.45, 7) is 2.13. The number of aryl methyl sites for hydroxylation is 1. The number of hydrogen-bond donors (Lipinski definition) is 3. The van der Waals surface area contributed by atoms with Gasteiger partial charge in [-0.15, -0.1) is 0 Å². The highest BCUT2D eigenvalue weighted by Crippen LogP contribution is 2.35. The summed E-state index contributed by atoms with van der Waals surface area (Å²) in [5.74, 6) is 0.142. The molecule has 0 bridgehead atoms. The third kappa shape index (κ3) is 4.21. The topological polar surface area (TPSA) is 103 Å². The first-order valence-electron chi connectivity index (χ1n) is 7.50. The second-order valence-electron chi connectivity index (χ2n) is 5.89. The van der Waals surface area contributed by atoms with Gasteiger partial charge in [-0.1, -0.05) is 43.5 Å². The standard InChI is InChI=1S/C16H25N5/c1-12-7-3-4-8-13(12)11-16(9-5-2-6-10-16)21-15(19)20-14(17)18/h3-4,7-8H,2,5-6,9-11H2,1H3,(H6,17,18,19,20,21). The van der Waals surface area contributed by atoms with Gasteiger partial charge >= 0.3 is 0 Å². The minimum atomic E-state index is -0.173. The summed E-state index contributed by atoms with van der Waals surface area (Å²) in [6.07, 6.45) is 6.55. The smallest absolute Gasteiger partial charge is 0.219 e. The van der Waals surface area contributed by atoms with Gasteiger partial charge in [-0.05, 0) is 37.3 Å². The van der Waals surface area contributed by atoms with Gasteiger partial charge in [-0.2, -0.15) is 4.99 Å². The first kappa shape index (κ1) is 15.4. The molecule has 0 aliphatic heterocycles. The molecule has 0 heterocycles. The van der Waals surface area contributed by atoms with Crippen LogP contribution >= 0.6 is 0 Å². The molecule has 0 atom stereocenters. The predicted octanol–water partition coefficient (Wildman–Crippen LogP) is 1.83. The van der Waals surface area contributed by atoms with Crippen LogP contribution in [-0.2, 0) is 6.42 Å². The largest absolute Gasteiger partial charge is 0.370 e. The van der Waals surface area contributed by atoms with Gasteiger partial charge < -0.3 is 17.2 Å². The van der Waals surface area contributed by atoms with E-state index in [0.717, 1.165) is 19.3 Å². The molecule has 1 aromatic rings. The van der Waals surface area contributed by atoms with Crippen molar-refractivity contribution < 1.29 is 0 Å². The molecule has 0 amide bonds. The lowest BCUT2D eigenvalue weighted by molar-refractivity contribution is 0.296. The SMILES string of the molecule is Cc1ccccc1CC1(N=C(N)N=C(N)N)CCCCC1. The summed E-state index contributed by atoms with van der Waals surface area (Å²) < 4.78 is 0. The van der Waals surface area contributed by atoms with E-state index in [1.807, 2.05) is 0 Å². The number of benzene rings is 1. The summed E-state index contributed by atoms with van der Waals surface area (Å²) in [7, 11) is 0. The van der Waals surface area contributed by atoms with Crippen molar-refractivity contribution in [2.75, 3.05) is 0 Å². The Morgan fingerprint density at radius 3 is 2.38 bits per heavy atom. The Morgan fingerprint density at radius 1 is 1.10 bits per heavy atom. The average molecular weight is 287 g/mol. The summed E-state index contributed by atoms with van der Waals surface area (Å²) in [4.78, 5) is 8.57. The molecule has 5 heteroatoms. The number of aliphatic imine (C=N–C) groups is 2. The quantitative estimate of drug-likeness (QED) is 0.583. The lowest BCUT2D eigenvalue weighted by Crippen LogP contribution is -2.36. The Kier molecular flexibility index (Phi) is 4.83. The molecule has 0 saturated heterocycles. The minimum Gasteiger partial charge on any atom is -0.370 e. The molecular weight excluding hydrogens is 262 g/mol. The highest BCUT2D eigenvalue weighted by molar-refractivity contribution is 5.92. The first-order valence-corrected chi connectivity index (χ1v) is 7.50. The molecular formula is C16H25N5. The van der Waals surface area contributed by atoms with Crippen LogP contribution in [0.5, 0.6) is 0 Å². The maximum Gasteiger partial charge on any atom is 0.219 e. The van der Waals surface area contributed by atoms with Crippen LogP contribution in [-0.4, -0.2) is 17.5 Å². The molecule has 0 radical (unpaired) electrons. The molecule has 21 heavy (non-hydrogen) atoms. The maximum absolute atomic E-state index is 5.88. The average Bonchev–Trinajstić information content (AvgIpc) is 2.41. The number of nitrogens with two attached hydrogens (primary N) is 3. The summed E-state index contributed by atoms with van der Waals surface area (Å²) in [6, 6.07) is 8.43. The summed E-state index contributed by atoms with van der Waals surface area (Å²) >= 11 is 0. The van der Waals surface area contributed by atoms with Crippen molar-refractivity contribution in [3.8, 4) is 0 Å². The van der Waals surface area contributed by atoms with Crippen LogP contribution in [0.1, 0.15) is 43.2 Å². The Balaban J connectivity index is 2.29. The molecule has 1 aliphatic rings. The molecule has 1 aliphatic carbocycles. The van der Waals surface area contributed by atoms with Gasteiger partial charge in [0, 0.05) is 0 Å². The monoisotopic (exact) mass is 287 g/mol. The summed E-state index contributed by atoms with van der Waals surface area (Å²) in [5, 5.41) is 0. The van der Waals surface area contributed by atoms with Gasteiger partial charge in [0.15, 0.2) is 5.96 Å². The van der Waals surface area contributed by atoms with Crippen LogP contribution in [0.15, 0.2) is 34.3 Å². The van der Waals surface area contributed by atoms with Crippen LogP contribution in [0.25, 0.3) is 0 Å². The van der Waals surface area contributed by atoms with Crippen molar-refractivity contribution in [2.24, 2.45) is 27.2 Å². The molecule has 0 aromatic heterocycles. The fraction of sp³-hybridized carbons (Fsp3) is 0.500. The van der Waals surface area contributed by atoms with Crippen LogP contribution in [0.2, 0.25) is 0 Å². The van der Waals surface area contributed by atoms with E-state index in [2.05, 4.69) is 36.2 Å². The van der Waals surface area contributed by atoms with Gasteiger partial charge in [0.2, 0.25) is 5.96 Å². The third-order valence-electron chi connectivity index (χ3n) is 4.16. The van der Waals surface area contributed by atoms with Gasteiger partial charge in [0.25, 0.3) is 0 Å². The number of rotatable bonds is 3. The van der Waals surface area contributed by atoms with E-state index in [4.69, 9.17) is 22.2 Å². The van der Waals surface area contributed by atoms with Crippen molar-refractivity contribution >= 4 is 11.9 Å². The van der Waals surface area contributed by atoms with Gasteiger partial charge in [0.05, 0.1) is 5.54 Å². The van der Waals surface area contributed by atoms with Crippen LogP contribution < -0.4 is 17.2 Å². The molecule has 6 N–H and O–H groups in total. The molecule has 0 spiro atoms. The molecule has 0 unspecified atom stereocenters. The van der Waals surface area contributed by atoms with E-state index in [1.165, 1.54) is 30.4 Å². The van der Waals surface area contributed by atoms with Crippen molar-refractivity contribution in [2.45, 2.75) is 51.0 Å². The highest BCUT2D eigenvalue weighted by Gasteiger charge is 2.32. The van der Waals surface area contributed by atoms with E-state index in [0.29, 0.717) is 0 Å². The van der Waals surface area contributed by atoms with Crippen molar-refractivity contribution in [3.05, 3.63) is 35.4 Å². The maximum atomic E-state index is 5.88. The van der Waals surface area contributed by atoms with Gasteiger partial charge in [0.1, 0.15) is 0 Å². The normalized spacial score (nSPS) is 18.2. The Morgan fingerprint density at radius 2 is 1.76 bits per heavy atom. The van der Waals surface area contributed by atoms with E-state index in [-0.39, 0.29) is 17.5 Å². The van der Waals surface area contributed by atoms with Crippen molar-refractivity contribution in [1.29, 1.82) is 0 Å². The molecule has 2 rings (SSSR count). The zero-order valence-electron chi connectivity index (χ0n) is 12.7. The van der Waals surface area contributed by atoms with Crippen molar-refractivity contribution in [1.82, 2.24) is 0 Å². The van der Waals surface area contributed by atoms with Gasteiger partial charge in [-0.3, -0.25) is 0 Å². The Hall–Kier alpha value is -2.04. The van der Waals surface area contributed by atoms with E-state index >= 15 is 0 Å². The van der Waals surface area contributed by atoms with Gasteiger partial charge in [-0.25, -0.2) is 4.99 Å². The molecule has 114 valence electrons. The second kappa shape index (κ2) is 6.61.